The van der Waals surface area contributed by atoms with Gasteiger partial charge in [-0.3, -0.25) is 4.72 Å². The van der Waals surface area contributed by atoms with Crippen molar-refractivity contribution in [2.24, 2.45) is 0 Å². The van der Waals surface area contributed by atoms with Crippen LogP contribution in [0.3, 0.4) is 0 Å². The summed E-state index contributed by atoms with van der Waals surface area (Å²) in [6.07, 6.45) is 2.85. The summed E-state index contributed by atoms with van der Waals surface area (Å²) in [5.74, 6) is 0.627. The highest BCUT2D eigenvalue weighted by Crippen LogP contribution is 2.35. The van der Waals surface area contributed by atoms with Crippen LogP contribution >= 0.6 is 34.5 Å². The summed E-state index contributed by atoms with van der Waals surface area (Å²) in [6.45, 7) is 5.91. The molecule has 114 valence electrons. The summed E-state index contributed by atoms with van der Waals surface area (Å²) in [6, 6.07) is 1.31. The van der Waals surface area contributed by atoms with Crippen LogP contribution in [0.25, 0.3) is 0 Å². The zero-order chi connectivity index (χ0) is 15.8. The van der Waals surface area contributed by atoms with Crippen LogP contribution in [-0.2, 0) is 15.4 Å². The van der Waals surface area contributed by atoms with Gasteiger partial charge in [0.05, 0.1) is 22.4 Å². The van der Waals surface area contributed by atoms with Crippen molar-refractivity contribution in [2.75, 3.05) is 4.72 Å². The highest BCUT2D eigenvalue weighted by Gasteiger charge is 2.22. The maximum absolute atomic E-state index is 12.2. The Labute approximate surface area is 137 Å². The number of halogens is 2. The molecular formula is C12H13Cl2N3O2S2. The molecule has 0 amide bonds. The lowest BCUT2D eigenvalue weighted by molar-refractivity contribution is 0.545. The van der Waals surface area contributed by atoms with Crippen LogP contribution in [0.1, 0.15) is 26.6 Å². The Bertz CT molecular complexity index is 750. The summed E-state index contributed by atoms with van der Waals surface area (Å²) in [7, 11) is -3.81. The van der Waals surface area contributed by atoms with Crippen molar-refractivity contribution < 1.29 is 8.42 Å². The Morgan fingerprint density at radius 2 is 1.76 bits per heavy atom. The Hall–Kier alpha value is -0.890. The molecule has 0 aliphatic rings. The van der Waals surface area contributed by atoms with Crippen LogP contribution in [0, 0.1) is 0 Å². The minimum Gasteiger partial charge on any atom is -0.276 e. The van der Waals surface area contributed by atoms with Crippen LogP contribution in [-0.4, -0.2) is 18.4 Å². The normalized spacial score (nSPS) is 12.4. The van der Waals surface area contributed by atoms with E-state index in [-0.39, 0.29) is 20.3 Å². The van der Waals surface area contributed by atoms with E-state index in [1.54, 1.807) is 0 Å². The van der Waals surface area contributed by atoms with Crippen molar-refractivity contribution in [3.05, 3.63) is 33.0 Å². The minimum atomic E-state index is -3.81. The molecule has 0 unspecified atom stereocenters. The third-order valence-electron chi connectivity index (χ3n) is 2.49. The second kappa shape index (κ2) is 5.72. The molecule has 0 bridgehead atoms. The molecular weight excluding hydrogens is 353 g/mol. The van der Waals surface area contributed by atoms with E-state index in [0.717, 1.165) is 11.3 Å². The number of nitrogens with zero attached hydrogens (tertiary/aromatic N) is 2. The average Bonchev–Trinajstić information content (AvgIpc) is 2.68. The lowest BCUT2D eigenvalue weighted by Gasteiger charge is -2.16. The van der Waals surface area contributed by atoms with E-state index < -0.39 is 10.0 Å². The molecule has 1 N–H and O–H groups in total. The number of hydrogen-bond acceptors (Lipinski definition) is 5. The van der Waals surface area contributed by atoms with E-state index in [4.69, 9.17) is 23.2 Å². The minimum absolute atomic E-state index is 0.0564. The quantitative estimate of drug-likeness (QED) is 0.893. The number of sulfonamides is 1. The summed E-state index contributed by atoms with van der Waals surface area (Å²) >= 11 is 12.6. The van der Waals surface area contributed by atoms with Gasteiger partial charge in [-0.25, -0.2) is 18.4 Å². The summed E-state index contributed by atoms with van der Waals surface area (Å²) in [4.78, 5) is 8.27. The van der Waals surface area contributed by atoms with Crippen LogP contribution in [0.2, 0.25) is 8.67 Å². The molecule has 0 aromatic carbocycles. The van der Waals surface area contributed by atoms with Gasteiger partial charge < -0.3 is 0 Å². The van der Waals surface area contributed by atoms with E-state index in [1.165, 1.54) is 18.5 Å². The van der Waals surface area contributed by atoms with Gasteiger partial charge in [-0.15, -0.1) is 11.3 Å². The van der Waals surface area contributed by atoms with Gasteiger partial charge in [0.1, 0.15) is 15.1 Å². The van der Waals surface area contributed by atoms with Crippen molar-refractivity contribution in [3.8, 4) is 0 Å². The number of anilines is 1. The van der Waals surface area contributed by atoms with E-state index >= 15 is 0 Å². The van der Waals surface area contributed by atoms with Gasteiger partial charge >= 0.3 is 0 Å². The van der Waals surface area contributed by atoms with Gasteiger partial charge in [0, 0.05) is 5.41 Å². The predicted molar refractivity (Wildman–Crippen MR) is 85.9 cm³/mol. The van der Waals surface area contributed by atoms with Gasteiger partial charge in [-0.1, -0.05) is 44.0 Å². The maximum atomic E-state index is 12.2. The second-order valence-electron chi connectivity index (χ2n) is 5.34. The van der Waals surface area contributed by atoms with Gasteiger partial charge in [0.2, 0.25) is 0 Å². The molecule has 9 heteroatoms. The van der Waals surface area contributed by atoms with Gasteiger partial charge in [0.25, 0.3) is 10.0 Å². The molecule has 0 saturated carbocycles. The molecule has 5 nitrogen and oxygen atoms in total. The number of nitrogens with one attached hydrogen (secondary N) is 1. The summed E-state index contributed by atoms with van der Waals surface area (Å²) < 4.78 is 27.2. The fraction of sp³-hybridized carbons (Fsp3) is 0.333. The van der Waals surface area contributed by atoms with Crippen molar-refractivity contribution in [2.45, 2.75) is 31.1 Å². The first-order valence-corrected chi connectivity index (χ1v) is 8.95. The van der Waals surface area contributed by atoms with Gasteiger partial charge in [0.15, 0.2) is 0 Å². The smallest absolute Gasteiger partial charge is 0.264 e. The second-order valence-corrected chi connectivity index (χ2v) is 9.28. The van der Waals surface area contributed by atoms with Crippen molar-refractivity contribution >= 4 is 50.2 Å². The van der Waals surface area contributed by atoms with Crippen LogP contribution < -0.4 is 4.72 Å². The van der Waals surface area contributed by atoms with E-state index in [9.17, 15) is 8.42 Å². The maximum Gasteiger partial charge on any atom is 0.264 e. The number of hydrogen-bond donors (Lipinski definition) is 1. The first-order valence-electron chi connectivity index (χ1n) is 5.90. The largest absolute Gasteiger partial charge is 0.276 e. The molecule has 0 atom stereocenters. The zero-order valence-corrected chi connectivity index (χ0v) is 14.7. The molecule has 0 spiro atoms. The highest BCUT2D eigenvalue weighted by molar-refractivity contribution is 7.93. The van der Waals surface area contributed by atoms with Gasteiger partial charge in [-0.05, 0) is 6.07 Å². The molecule has 2 aromatic rings. The van der Waals surface area contributed by atoms with Crippen molar-refractivity contribution in [3.63, 3.8) is 0 Å². The Morgan fingerprint density at radius 3 is 2.19 bits per heavy atom. The zero-order valence-electron chi connectivity index (χ0n) is 11.5. The molecule has 0 fully saturated rings. The van der Waals surface area contributed by atoms with Crippen LogP contribution in [0.15, 0.2) is 23.4 Å². The third-order valence-corrected chi connectivity index (χ3v) is 5.62. The third kappa shape index (κ3) is 3.85. The molecule has 0 aliphatic carbocycles. The lowest BCUT2D eigenvalue weighted by atomic mass is 9.96. The summed E-state index contributed by atoms with van der Waals surface area (Å²) in [5, 5.41) is 0. The molecule has 0 aliphatic heterocycles. The number of rotatable bonds is 3. The van der Waals surface area contributed by atoms with E-state index in [0.29, 0.717) is 10.2 Å². The molecule has 2 rings (SSSR count). The molecule has 0 radical (unpaired) electrons. The SMILES string of the molecule is CC(C)(C)c1ncc(NS(=O)(=O)c2cc(Cl)sc2Cl)cn1. The van der Waals surface area contributed by atoms with E-state index in [1.807, 2.05) is 20.8 Å². The Kier molecular flexibility index (Phi) is 4.49. The standard InChI is InChI=1S/C12H13Cl2N3O2S2/c1-12(2,3)11-15-5-7(6-16-11)17-21(18,19)8-4-9(13)20-10(8)14/h4-6,17H,1-3H3. The van der Waals surface area contributed by atoms with Gasteiger partial charge in [-0.2, -0.15) is 0 Å². The fourth-order valence-electron chi connectivity index (χ4n) is 1.49. The first-order chi connectivity index (χ1) is 9.59. The molecule has 2 heterocycles. The Morgan fingerprint density at radius 1 is 1.19 bits per heavy atom. The molecule has 0 saturated heterocycles. The number of thiophene rings is 1. The summed E-state index contributed by atoms with van der Waals surface area (Å²) in [5.41, 5.74) is 0.0584. The van der Waals surface area contributed by atoms with Crippen molar-refractivity contribution in [1.82, 2.24) is 9.97 Å². The average molecular weight is 366 g/mol. The highest BCUT2D eigenvalue weighted by atomic mass is 35.5. The number of aromatic nitrogens is 2. The fourth-order valence-corrected chi connectivity index (χ4v) is 4.67. The lowest BCUT2D eigenvalue weighted by Crippen LogP contribution is -2.17. The van der Waals surface area contributed by atoms with E-state index in [2.05, 4.69) is 14.7 Å². The first kappa shape index (κ1) is 16.5. The molecule has 21 heavy (non-hydrogen) atoms. The van der Waals surface area contributed by atoms with Crippen molar-refractivity contribution in [1.29, 1.82) is 0 Å². The predicted octanol–water partition coefficient (Wildman–Crippen LogP) is 3.94. The molecule has 2 aromatic heterocycles. The monoisotopic (exact) mass is 365 g/mol. The topological polar surface area (TPSA) is 72.0 Å². The van der Waals surface area contributed by atoms with Crippen LogP contribution in [0.4, 0.5) is 5.69 Å². The van der Waals surface area contributed by atoms with Crippen LogP contribution in [0.5, 0.6) is 0 Å². The Balaban J connectivity index is 2.27.